The molecule has 0 aromatic heterocycles. The molecule has 0 saturated carbocycles. The Kier molecular flexibility index (Phi) is 45.2. The molecule has 0 aromatic rings. The Hall–Kier alpha value is -1.59. The fourth-order valence-corrected chi connectivity index (χ4v) is 8.23. The van der Waals surface area contributed by atoms with Crippen molar-refractivity contribution in [1.29, 1.82) is 0 Å². The number of carbonyl (C=O) groups excluding carboxylic acids is 3. The van der Waals surface area contributed by atoms with Crippen molar-refractivity contribution in [3.8, 4) is 0 Å². The molecule has 3 atom stereocenters. The van der Waals surface area contributed by atoms with Gasteiger partial charge in [0, 0.05) is 19.3 Å². The van der Waals surface area contributed by atoms with Crippen LogP contribution in [0, 0.1) is 17.8 Å². The molecule has 0 heterocycles. The monoisotopic (exact) mass is 863 g/mol. The summed E-state index contributed by atoms with van der Waals surface area (Å²) in [7, 11) is 0. The SMILES string of the molecule is CCC(C)CCCCCCCCCCCCCCCCC(=O)O[C@H](COC(=O)CCCCCCCCCCCCC(C)CC)COC(=O)CCCCCCCCCCC(C)C. The van der Waals surface area contributed by atoms with E-state index in [0.29, 0.717) is 19.3 Å². The molecule has 362 valence electrons. The van der Waals surface area contributed by atoms with E-state index in [1.807, 2.05) is 0 Å². The number of hydrogen-bond acceptors (Lipinski definition) is 6. The number of hydrogen-bond donors (Lipinski definition) is 0. The maximum absolute atomic E-state index is 12.8. The van der Waals surface area contributed by atoms with Crippen molar-refractivity contribution in [2.24, 2.45) is 17.8 Å². The maximum Gasteiger partial charge on any atom is 0.306 e. The zero-order valence-electron chi connectivity index (χ0n) is 42.0. The van der Waals surface area contributed by atoms with Crippen LogP contribution in [-0.4, -0.2) is 37.2 Å². The molecule has 0 aliphatic rings. The van der Waals surface area contributed by atoms with Gasteiger partial charge in [0.25, 0.3) is 0 Å². The lowest BCUT2D eigenvalue weighted by Crippen LogP contribution is -2.30. The topological polar surface area (TPSA) is 78.9 Å². The first-order valence-corrected chi connectivity index (χ1v) is 27.2. The first kappa shape index (κ1) is 59.4. The normalized spacial score (nSPS) is 13.0. The van der Waals surface area contributed by atoms with E-state index in [2.05, 4.69) is 41.5 Å². The number of ether oxygens (including phenoxy) is 3. The Bertz CT molecular complexity index is 949. The molecule has 6 nitrogen and oxygen atoms in total. The van der Waals surface area contributed by atoms with E-state index in [4.69, 9.17) is 14.2 Å². The highest BCUT2D eigenvalue weighted by Gasteiger charge is 2.19. The minimum atomic E-state index is -0.763. The van der Waals surface area contributed by atoms with Crippen molar-refractivity contribution in [3.05, 3.63) is 0 Å². The Balaban J connectivity index is 4.30. The van der Waals surface area contributed by atoms with Gasteiger partial charge >= 0.3 is 17.9 Å². The Morgan fingerprint density at radius 2 is 0.574 bits per heavy atom. The lowest BCUT2D eigenvalue weighted by Gasteiger charge is -2.18. The molecule has 0 rings (SSSR count). The van der Waals surface area contributed by atoms with E-state index >= 15 is 0 Å². The van der Waals surface area contributed by atoms with Crippen molar-refractivity contribution in [2.45, 2.75) is 304 Å². The fourth-order valence-electron chi connectivity index (χ4n) is 8.23. The third kappa shape index (κ3) is 46.2. The van der Waals surface area contributed by atoms with Crippen LogP contribution in [0.5, 0.6) is 0 Å². The molecule has 0 aliphatic carbocycles. The molecule has 2 unspecified atom stereocenters. The molecule has 0 aromatic carbocycles. The van der Waals surface area contributed by atoms with Crippen LogP contribution in [0.15, 0.2) is 0 Å². The number of unbranched alkanes of at least 4 members (excludes halogenated alkanes) is 29. The van der Waals surface area contributed by atoms with Crippen molar-refractivity contribution in [1.82, 2.24) is 0 Å². The van der Waals surface area contributed by atoms with E-state index in [1.165, 1.54) is 180 Å². The van der Waals surface area contributed by atoms with Crippen molar-refractivity contribution < 1.29 is 28.6 Å². The summed E-state index contributed by atoms with van der Waals surface area (Å²) in [5, 5.41) is 0. The molecular formula is C55H106O6. The Morgan fingerprint density at radius 3 is 0.852 bits per heavy atom. The number of esters is 3. The average Bonchev–Trinajstić information content (AvgIpc) is 3.24. The second kappa shape index (κ2) is 46.4. The van der Waals surface area contributed by atoms with Crippen molar-refractivity contribution in [3.63, 3.8) is 0 Å². The maximum atomic E-state index is 12.8. The lowest BCUT2D eigenvalue weighted by atomic mass is 9.99. The number of carbonyl (C=O) groups is 3. The van der Waals surface area contributed by atoms with Gasteiger partial charge in [-0.25, -0.2) is 0 Å². The summed E-state index contributed by atoms with van der Waals surface area (Å²) in [5.74, 6) is 1.71. The van der Waals surface area contributed by atoms with Gasteiger partial charge in [0.2, 0.25) is 0 Å². The molecule has 0 aliphatic heterocycles. The van der Waals surface area contributed by atoms with Crippen LogP contribution in [0.3, 0.4) is 0 Å². The summed E-state index contributed by atoms with van der Waals surface area (Å²) >= 11 is 0. The van der Waals surface area contributed by atoms with Crippen LogP contribution in [0.4, 0.5) is 0 Å². The van der Waals surface area contributed by atoms with Crippen molar-refractivity contribution in [2.75, 3.05) is 13.2 Å². The smallest absolute Gasteiger partial charge is 0.306 e. The predicted molar refractivity (Wildman–Crippen MR) is 261 cm³/mol. The molecule has 0 amide bonds. The Morgan fingerprint density at radius 1 is 0.328 bits per heavy atom. The highest BCUT2D eigenvalue weighted by atomic mass is 16.6. The van der Waals surface area contributed by atoms with Crippen LogP contribution in [-0.2, 0) is 28.6 Å². The Labute approximate surface area is 380 Å². The zero-order chi connectivity index (χ0) is 44.9. The van der Waals surface area contributed by atoms with Gasteiger partial charge in [-0.05, 0) is 37.0 Å². The van der Waals surface area contributed by atoms with E-state index in [9.17, 15) is 14.4 Å². The van der Waals surface area contributed by atoms with Gasteiger partial charge in [-0.2, -0.15) is 0 Å². The van der Waals surface area contributed by atoms with Gasteiger partial charge in [0.05, 0.1) is 0 Å². The summed E-state index contributed by atoms with van der Waals surface area (Å²) < 4.78 is 16.8. The molecule has 6 heteroatoms. The number of rotatable bonds is 48. The van der Waals surface area contributed by atoms with Crippen LogP contribution in [0.1, 0.15) is 298 Å². The van der Waals surface area contributed by atoms with Crippen LogP contribution in [0.2, 0.25) is 0 Å². The molecule has 0 fully saturated rings. The minimum Gasteiger partial charge on any atom is -0.462 e. The third-order valence-electron chi connectivity index (χ3n) is 13.1. The van der Waals surface area contributed by atoms with E-state index in [1.54, 1.807) is 0 Å². The largest absolute Gasteiger partial charge is 0.462 e. The highest BCUT2D eigenvalue weighted by Crippen LogP contribution is 2.19. The second-order valence-corrected chi connectivity index (χ2v) is 19.8. The van der Waals surface area contributed by atoms with Gasteiger partial charge in [0.1, 0.15) is 13.2 Å². The van der Waals surface area contributed by atoms with Crippen molar-refractivity contribution >= 4 is 17.9 Å². The van der Waals surface area contributed by atoms with Gasteiger partial charge in [-0.3, -0.25) is 14.4 Å². The van der Waals surface area contributed by atoms with Crippen LogP contribution >= 0.6 is 0 Å². The standard InChI is InChI=1S/C55H106O6/c1-7-50(5)42-36-30-24-17-13-11-9-10-12-14-20-28-34-40-46-55(58)61-52(48-60-54(57)45-39-33-27-22-21-23-29-35-41-49(3)4)47-59-53(56)44-38-32-26-19-16-15-18-25-31-37-43-51(6)8-2/h49-52H,7-48H2,1-6H3/t50?,51?,52-/m1/s1. The summed E-state index contributed by atoms with van der Waals surface area (Å²) in [6, 6.07) is 0. The molecule has 0 bridgehead atoms. The molecular weight excluding hydrogens is 757 g/mol. The molecule has 0 spiro atoms. The van der Waals surface area contributed by atoms with E-state index < -0.39 is 6.10 Å². The van der Waals surface area contributed by atoms with Gasteiger partial charge in [-0.1, -0.05) is 260 Å². The van der Waals surface area contributed by atoms with Crippen LogP contribution < -0.4 is 0 Å². The summed E-state index contributed by atoms with van der Waals surface area (Å²) in [6.07, 6.45) is 46.5. The van der Waals surface area contributed by atoms with E-state index in [-0.39, 0.29) is 31.1 Å². The fraction of sp³-hybridized carbons (Fsp3) is 0.945. The predicted octanol–water partition coefficient (Wildman–Crippen LogP) is 17.6. The second-order valence-electron chi connectivity index (χ2n) is 19.8. The minimum absolute atomic E-state index is 0.0647. The summed E-state index contributed by atoms with van der Waals surface area (Å²) in [6.45, 7) is 13.8. The quantitative estimate of drug-likeness (QED) is 0.0344. The highest BCUT2D eigenvalue weighted by molar-refractivity contribution is 5.71. The van der Waals surface area contributed by atoms with E-state index in [0.717, 1.165) is 75.5 Å². The summed E-state index contributed by atoms with van der Waals surface area (Å²) in [4.78, 5) is 38.0. The molecule has 0 saturated heterocycles. The first-order chi connectivity index (χ1) is 29.7. The molecule has 0 radical (unpaired) electrons. The molecule has 61 heavy (non-hydrogen) atoms. The van der Waals surface area contributed by atoms with Gasteiger partial charge in [0.15, 0.2) is 6.10 Å². The zero-order valence-corrected chi connectivity index (χ0v) is 42.0. The third-order valence-corrected chi connectivity index (χ3v) is 13.1. The first-order valence-electron chi connectivity index (χ1n) is 27.2. The van der Waals surface area contributed by atoms with Gasteiger partial charge in [-0.15, -0.1) is 0 Å². The average molecular weight is 863 g/mol. The van der Waals surface area contributed by atoms with Gasteiger partial charge < -0.3 is 14.2 Å². The molecule has 0 N–H and O–H groups in total. The lowest BCUT2D eigenvalue weighted by molar-refractivity contribution is -0.167. The van der Waals surface area contributed by atoms with Crippen LogP contribution in [0.25, 0.3) is 0 Å². The summed E-state index contributed by atoms with van der Waals surface area (Å²) in [5.41, 5.74) is 0.